The number of nitrogens with zero attached hydrogens (tertiary/aromatic N) is 1. The van der Waals surface area contributed by atoms with Crippen LogP contribution >= 0.6 is 11.3 Å². The summed E-state index contributed by atoms with van der Waals surface area (Å²) in [7, 11) is 0. The van der Waals surface area contributed by atoms with Crippen LogP contribution in [0, 0.1) is 19.8 Å². The Hall–Kier alpha value is -1.72. The molecule has 1 aromatic carbocycles. The number of aryl methyl sites for hydroxylation is 2. The van der Waals surface area contributed by atoms with Crippen molar-refractivity contribution in [1.29, 1.82) is 0 Å². The molecule has 0 bridgehead atoms. The summed E-state index contributed by atoms with van der Waals surface area (Å²) in [5.41, 5.74) is 10.4. The topological polar surface area (TPSA) is 68.0 Å². The molecule has 1 aromatic heterocycles. The van der Waals surface area contributed by atoms with Crippen LogP contribution in [-0.2, 0) is 4.79 Å². The molecule has 3 rings (SSSR count). The number of aromatic nitrogens is 1. The number of hydrogen-bond acceptors (Lipinski definition) is 4. The summed E-state index contributed by atoms with van der Waals surface area (Å²) in [5, 5.41) is 5.59. The smallest absolute Gasteiger partial charge is 0.229 e. The van der Waals surface area contributed by atoms with Crippen LogP contribution in [0.1, 0.15) is 30.4 Å². The molecule has 3 N–H and O–H groups in total. The first-order chi connectivity index (χ1) is 10.5. The van der Waals surface area contributed by atoms with E-state index in [1.54, 1.807) is 0 Å². The van der Waals surface area contributed by atoms with Crippen LogP contribution < -0.4 is 11.1 Å². The van der Waals surface area contributed by atoms with Gasteiger partial charge in [0.2, 0.25) is 5.91 Å². The lowest BCUT2D eigenvalue weighted by atomic mass is 10.1. The van der Waals surface area contributed by atoms with Crippen LogP contribution in [0.5, 0.6) is 0 Å². The second-order valence-electron chi connectivity index (χ2n) is 6.10. The van der Waals surface area contributed by atoms with E-state index >= 15 is 0 Å². The third kappa shape index (κ3) is 3.20. The molecular weight excluding hydrogens is 294 g/mol. The van der Waals surface area contributed by atoms with Crippen LogP contribution in [0.25, 0.3) is 11.3 Å². The molecule has 1 aliphatic rings. The van der Waals surface area contributed by atoms with Gasteiger partial charge in [-0.2, -0.15) is 0 Å². The first-order valence-electron chi connectivity index (χ1n) is 7.62. The highest BCUT2D eigenvalue weighted by Gasteiger charge is 2.28. The first-order valence-corrected chi connectivity index (χ1v) is 8.50. The van der Waals surface area contributed by atoms with Crippen molar-refractivity contribution in [1.82, 2.24) is 4.98 Å². The predicted octanol–water partition coefficient (Wildman–Crippen LogP) is 3.49. The Balaban J connectivity index is 1.71. The molecule has 1 amide bonds. The minimum atomic E-state index is 0.0315. The number of carbonyl (C=O) groups is 1. The Morgan fingerprint density at radius 2 is 2.14 bits per heavy atom. The van der Waals surface area contributed by atoms with Gasteiger partial charge in [0.25, 0.3) is 0 Å². The molecule has 116 valence electrons. The summed E-state index contributed by atoms with van der Waals surface area (Å²) in [5.74, 6) is 0.0814. The molecule has 5 heteroatoms. The molecule has 0 spiro atoms. The molecular formula is C17H21N3OS. The molecule has 1 fully saturated rings. The Bertz CT molecular complexity index is 695. The molecule has 1 heterocycles. The van der Waals surface area contributed by atoms with Gasteiger partial charge in [0, 0.05) is 22.9 Å². The lowest BCUT2D eigenvalue weighted by molar-refractivity contribution is -0.119. The van der Waals surface area contributed by atoms with E-state index in [4.69, 9.17) is 5.73 Å². The van der Waals surface area contributed by atoms with Crippen molar-refractivity contribution in [2.24, 2.45) is 11.7 Å². The summed E-state index contributed by atoms with van der Waals surface area (Å²) < 4.78 is 0. The highest BCUT2D eigenvalue weighted by Crippen LogP contribution is 2.29. The fourth-order valence-electron chi connectivity index (χ4n) is 2.83. The van der Waals surface area contributed by atoms with Crippen LogP contribution in [0.4, 0.5) is 5.13 Å². The summed E-state index contributed by atoms with van der Waals surface area (Å²) in [6.45, 7) is 4.19. The van der Waals surface area contributed by atoms with Crippen molar-refractivity contribution < 1.29 is 4.79 Å². The first kappa shape index (κ1) is 15.2. The van der Waals surface area contributed by atoms with E-state index in [0.717, 1.165) is 30.5 Å². The summed E-state index contributed by atoms with van der Waals surface area (Å²) in [6.07, 6.45) is 2.59. The number of carbonyl (C=O) groups excluding carboxylic acids is 1. The van der Waals surface area contributed by atoms with Gasteiger partial charge in [-0.25, -0.2) is 4.98 Å². The maximum Gasteiger partial charge on any atom is 0.229 e. The quantitative estimate of drug-likeness (QED) is 0.911. The van der Waals surface area contributed by atoms with E-state index in [-0.39, 0.29) is 17.9 Å². The minimum Gasteiger partial charge on any atom is -0.328 e. The van der Waals surface area contributed by atoms with Gasteiger partial charge in [0.1, 0.15) is 0 Å². The number of rotatable bonds is 3. The van der Waals surface area contributed by atoms with Crippen molar-refractivity contribution >= 4 is 22.4 Å². The second kappa shape index (κ2) is 6.18. The Kier molecular flexibility index (Phi) is 4.27. The van der Waals surface area contributed by atoms with Gasteiger partial charge >= 0.3 is 0 Å². The van der Waals surface area contributed by atoms with E-state index in [0.29, 0.717) is 5.13 Å². The standard InChI is InChI=1S/C17H21N3OS/c1-10-3-4-12(7-11(10)2)15-9-22-17(19-15)20-16(21)13-5-6-14(18)8-13/h3-4,7,9,13-14H,5-6,8,18H2,1-2H3,(H,19,20,21). The summed E-state index contributed by atoms with van der Waals surface area (Å²) >= 11 is 1.47. The Morgan fingerprint density at radius 3 is 2.82 bits per heavy atom. The van der Waals surface area contributed by atoms with E-state index in [1.807, 2.05) is 5.38 Å². The zero-order valence-electron chi connectivity index (χ0n) is 12.9. The van der Waals surface area contributed by atoms with Crippen LogP contribution in [0.15, 0.2) is 23.6 Å². The Morgan fingerprint density at radius 1 is 1.32 bits per heavy atom. The highest BCUT2D eigenvalue weighted by molar-refractivity contribution is 7.14. The SMILES string of the molecule is Cc1ccc(-c2csc(NC(=O)C3CCC(N)C3)n2)cc1C. The van der Waals surface area contributed by atoms with Crippen LogP contribution in [0.3, 0.4) is 0 Å². The lowest BCUT2D eigenvalue weighted by Gasteiger charge is -2.08. The Labute approximate surface area is 134 Å². The van der Waals surface area contributed by atoms with Crippen molar-refractivity contribution in [3.05, 3.63) is 34.7 Å². The molecule has 0 saturated heterocycles. The van der Waals surface area contributed by atoms with E-state index < -0.39 is 0 Å². The zero-order chi connectivity index (χ0) is 15.7. The van der Waals surface area contributed by atoms with E-state index in [2.05, 4.69) is 42.3 Å². The number of nitrogens with two attached hydrogens (primary N) is 1. The molecule has 2 atom stereocenters. The number of anilines is 1. The summed E-state index contributed by atoms with van der Waals surface area (Å²) in [6, 6.07) is 6.46. The van der Waals surface area contributed by atoms with Crippen LogP contribution in [-0.4, -0.2) is 16.9 Å². The largest absolute Gasteiger partial charge is 0.328 e. The van der Waals surface area contributed by atoms with Crippen molar-refractivity contribution in [3.63, 3.8) is 0 Å². The van der Waals surface area contributed by atoms with Gasteiger partial charge in [0.05, 0.1) is 5.69 Å². The highest BCUT2D eigenvalue weighted by atomic mass is 32.1. The number of nitrogens with one attached hydrogen (secondary N) is 1. The fraction of sp³-hybridized carbons (Fsp3) is 0.412. The summed E-state index contributed by atoms with van der Waals surface area (Å²) in [4.78, 5) is 16.7. The molecule has 2 aromatic rings. The molecule has 0 aliphatic heterocycles. The van der Waals surface area contributed by atoms with Crippen LogP contribution in [0.2, 0.25) is 0 Å². The normalized spacial score (nSPS) is 21.0. The lowest BCUT2D eigenvalue weighted by Crippen LogP contribution is -2.23. The molecule has 1 aliphatic carbocycles. The van der Waals surface area contributed by atoms with Crippen molar-refractivity contribution in [3.8, 4) is 11.3 Å². The number of amides is 1. The minimum absolute atomic E-state index is 0.0315. The third-order valence-corrected chi connectivity index (χ3v) is 5.14. The predicted molar refractivity (Wildman–Crippen MR) is 91.0 cm³/mol. The monoisotopic (exact) mass is 315 g/mol. The molecule has 1 saturated carbocycles. The number of benzene rings is 1. The maximum atomic E-state index is 12.2. The van der Waals surface area contributed by atoms with Gasteiger partial charge in [-0.05, 0) is 50.3 Å². The van der Waals surface area contributed by atoms with Gasteiger partial charge < -0.3 is 11.1 Å². The average molecular weight is 315 g/mol. The van der Waals surface area contributed by atoms with Crippen molar-refractivity contribution in [2.75, 3.05) is 5.32 Å². The molecule has 22 heavy (non-hydrogen) atoms. The van der Waals surface area contributed by atoms with E-state index in [9.17, 15) is 4.79 Å². The fourth-order valence-corrected chi connectivity index (χ4v) is 3.55. The van der Waals surface area contributed by atoms with Gasteiger partial charge in [-0.15, -0.1) is 11.3 Å². The maximum absolute atomic E-state index is 12.2. The second-order valence-corrected chi connectivity index (χ2v) is 6.95. The van der Waals surface area contributed by atoms with Gasteiger partial charge in [-0.1, -0.05) is 12.1 Å². The number of thiazole rings is 1. The molecule has 4 nitrogen and oxygen atoms in total. The number of hydrogen-bond donors (Lipinski definition) is 2. The molecule has 2 unspecified atom stereocenters. The van der Waals surface area contributed by atoms with Gasteiger partial charge in [-0.3, -0.25) is 4.79 Å². The van der Waals surface area contributed by atoms with Gasteiger partial charge in [0.15, 0.2) is 5.13 Å². The third-order valence-electron chi connectivity index (χ3n) is 4.38. The average Bonchev–Trinajstić information content (AvgIpc) is 3.11. The van der Waals surface area contributed by atoms with Crippen molar-refractivity contribution in [2.45, 2.75) is 39.2 Å². The zero-order valence-corrected chi connectivity index (χ0v) is 13.7. The van der Waals surface area contributed by atoms with E-state index in [1.165, 1.54) is 22.5 Å². The molecule has 0 radical (unpaired) electrons.